The summed E-state index contributed by atoms with van der Waals surface area (Å²) >= 11 is 0. The number of fused-ring (bicyclic) bond motifs is 1. The molecule has 0 saturated heterocycles. The molecular weight excluding hydrogens is 256 g/mol. The largest absolute Gasteiger partial charge is 0.454 e. The van der Waals surface area contributed by atoms with Gasteiger partial charge in [0.1, 0.15) is 6.10 Å². The molecule has 0 amide bonds. The van der Waals surface area contributed by atoms with Gasteiger partial charge in [-0.15, -0.1) is 0 Å². The van der Waals surface area contributed by atoms with Gasteiger partial charge in [0, 0.05) is 24.0 Å². The van der Waals surface area contributed by atoms with Crippen LogP contribution >= 0.6 is 0 Å². The van der Waals surface area contributed by atoms with Crippen molar-refractivity contribution in [2.75, 3.05) is 7.11 Å². The summed E-state index contributed by atoms with van der Waals surface area (Å²) < 4.78 is 10.8. The Morgan fingerprint density at radius 3 is 2.70 bits per heavy atom. The molecule has 2 unspecified atom stereocenters. The summed E-state index contributed by atoms with van der Waals surface area (Å²) in [6.07, 6.45) is 6.07. The Balaban J connectivity index is 2.34. The average molecular weight is 278 g/mol. The highest BCUT2D eigenvalue weighted by atomic mass is 16.5. The fourth-order valence-corrected chi connectivity index (χ4v) is 2.62. The molecule has 2 bridgehead atoms. The van der Waals surface area contributed by atoms with Crippen LogP contribution in [0.25, 0.3) is 0 Å². The van der Waals surface area contributed by atoms with Crippen molar-refractivity contribution in [1.29, 1.82) is 0 Å². The lowest BCUT2D eigenvalue weighted by Crippen LogP contribution is -2.29. The van der Waals surface area contributed by atoms with Crippen LogP contribution in [-0.2, 0) is 19.1 Å². The highest BCUT2D eigenvalue weighted by Gasteiger charge is 2.37. The van der Waals surface area contributed by atoms with E-state index in [9.17, 15) is 9.59 Å². The van der Waals surface area contributed by atoms with Crippen LogP contribution < -0.4 is 0 Å². The molecule has 3 atom stereocenters. The molecule has 0 aromatic rings. The van der Waals surface area contributed by atoms with Gasteiger partial charge in [0.2, 0.25) is 0 Å². The third kappa shape index (κ3) is 2.85. The van der Waals surface area contributed by atoms with E-state index in [1.807, 2.05) is 32.9 Å². The van der Waals surface area contributed by atoms with Gasteiger partial charge in [-0.05, 0) is 25.0 Å². The number of esters is 1. The van der Waals surface area contributed by atoms with Crippen molar-refractivity contribution in [3.63, 3.8) is 0 Å². The Kier molecular flexibility index (Phi) is 4.14. The number of hydrogen-bond donors (Lipinski definition) is 0. The van der Waals surface area contributed by atoms with Crippen LogP contribution in [0.1, 0.15) is 33.6 Å². The van der Waals surface area contributed by atoms with E-state index in [2.05, 4.69) is 0 Å². The molecule has 0 spiro atoms. The summed E-state index contributed by atoms with van der Waals surface area (Å²) in [6, 6.07) is 0. The molecule has 0 fully saturated rings. The number of methoxy groups -OCH3 is 1. The molecule has 4 heteroatoms. The second kappa shape index (κ2) is 5.52. The van der Waals surface area contributed by atoms with Crippen molar-refractivity contribution in [2.45, 2.75) is 45.8 Å². The molecule has 0 N–H and O–H groups in total. The number of hydrogen-bond acceptors (Lipinski definition) is 4. The van der Waals surface area contributed by atoms with Crippen molar-refractivity contribution in [3.8, 4) is 0 Å². The van der Waals surface area contributed by atoms with Gasteiger partial charge in [0.05, 0.1) is 6.10 Å². The fourth-order valence-electron chi connectivity index (χ4n) is 2.62. The van der Waals surface area contributed by atoms with Crippen molar-refractivity contribution in [3.05, 3.63) is 23.8 Å². The Labute approximate surface area is 119 Å². The predicted octanol–water partition coefficient (Wildman–Crippen LogP) is 2.43. The van der Waals surface area contributed by atoms with Crippen molar-refractivity contribution in [1.82, 2.24) is 0 Å². The number of carbonyl (C=O) groups excluding carboxylic acids is 2. The van der Waals surface area contributed by atoms with Crippen LogP contribution in [0.2, 0.25) is 0 Å². The molecular formula is C16H22O4. The first-order valence-electron chi connectivity index (χ1n) is 7.02. The topological polar surface area (TPSA) is 52.6 Å². The minimum Gasteiger partial charge on any atom is -0.454 e. The summed E-state index contributed by atoms with van der Waals surface area (Å²) in [6.45, 7) is 5.80. The lowest BCUT2D eigenvalue weighted by atomic mass is 9.85. The molecule has 0 radical (unpaired) electrons. The van der Waals surface area contributed by atoms with E-state index in [1.54, 1.807) is 13.2 Å². The van der Waals surface area contributed by atoms with Crippen LogP contribution in [0.4, 0.5) is 0 Å². The number of allylic oxidation sites excluding steroid dienone is 1. The molecule has 1 aliphatic heterocycles. The summed E-state index contributed by atoms with van der Waals surface area (Å²) in [5, 5.41) is 0. The monoisotopic (exact) mass is 278 g/mol. The second-order valence-electron chi connectivity index (χ2n) is 6.18. The maximum Gasteiger partial charge on any atom is 0.334 e. The zero-order valence-corrected chi connectivity index (χ0v) is 12.5. The molecule has 1 aliphatic carbocycles. The maximum atomic E-state index is 12.2. The van der Waals surface area contributed by atoms with Crippen LogP contribution in [-0.4, -0.2) is 31.1 Å². The Morgan fingerprint density at radius 2 is 2.05 bits per heavy atom. The first kappa shape index (κ1) is 15.0. The highest BCUT2D eigenvalue weighted by molar-refractivity contribution is 5.93. The highest BCUT2D eigenvalue weighted by Crippen LogP contribution is 2.34. The van der Waals surface area contributed by atoms with Gasteiger partial charge in [-0.1, -0.05) is 26.8 Å². The minimum absolute atomic E-state index is 0.0547. The summed E-state index contributed by atoms with van der Waals surface area (Å²) in [5.41, 5.74) is 0.305. The van der Waals surface area contributed by atoms with Gasteiger partial charge in [-0.25, -0.2) is 4.79 Å². The Morgan fingerprint density at radius 1 is 1.35 bits per heavy atom. The van der Waals surface area contributed by atoms with Crippen molar-refractivity contribution >= 4 is 11.8 Å². The van der Waals surface area contributed by atoms with Gasteiger partial charge in [-0.3, -0.25) is 4.79 Å². The van der Waals surface area contributed by atoms with E-state index < -0.39 is 0 Å². The predicted molar refractivity (Wildman–Crippen MR) is 75.1 cm³/mol. The maximum absolute atomic E-state index is 12.2. The van der Waals surface area contributed by atoms with Gasteiger partial charge in [0.15, 0.2) is 5.78 Å². The molecule has 20 heavy (non-hydrogen) atoms. The summed E-state index contributed by atoms with van der Waals surface area (Å²) in [7, 11) is 1.60. The lowest BCUT2D eigenvalue weighted by Gasteiger charge is -2.26. The first-order chi connectivity index (χ1) is 9.35. The molecule has 0 aromatic heterocycles. The number of ether oxygens (including phenoxy) is 2. The fraction of sp³-hybridized carbons (Fsp3) is 0.625. The number of ketones is 1. The molecule has 110 valence electrons. The SMILES string of the molecule is COC1CCC2=C[C@H](OC2=O)C(C)(C)/C=C/C(=O)C1C. The minimum atomic E-state index is -0.389. The van der Waals surface area contributed by atoms with Gasteiger partial charge in [0.25, 0.3) is 0 Å². The second-order valence-corrected chi connectivity index (χ2v) is 6.18. The van der Waals surface area contributed by atoms with Crippen molar-refractivity contribution in [2.24, 2.45) is 11.3 Å². The molecule has 1 heterocycles. The van der Waals surface area contributed by atoms with E-state index in [1.165, 1.54) is 0 Å². The third-order valence-electron chi connectivity index (χ3n) is 4.27. The van der Waals surface area contributed by atoms with E-state index in [4.69, 9.17) is 9.47 Å². The van der Waals surface area contributed by atoms with E-state index in [0.717, 1.165) is 0 Å². The van der Waals surface area contributed by atoms with Crippen LogP contribution in [0, 0.1) is 11.3 Å². The van der Waals surface area contributed by atoms with Crippen molar-refractivity contribution < 1.29 is 19.1 Å². The van der Waals surface area contributed by atoms with Gasteiger partial charge < -0.3 is 9.47 Å². The third-order valence-corrected chi connectivity index (χ3v) is 4.27. The van der Waals surface area contributed by atoms with E-state index in [-0.39, 0.29) is 35.3 Å². The van der Waals surface area contributed by atoms with Gasteiger partial charge >= 0.3 is 5.97 Å². The number of carbonyl (C=O) groups is 2. The molecule has 2 rings (SSSR count). The zero-order chi connectivity index (χ0) is 14.9. The molecule has 0 saturated carbocycles. The normalized spacial score (nSPS) is 35.0. The van der Waals surface area contributed by atoms with E-state index >= 15 is 0 Å². The summed E-state index contributed by atoms with van der Waals surface area (Å²) in [4.78, 5) is 24.1. The molecule has 2 aliphatic rings. The first-order valence-corrected chi connectivity index (χ1v) is 7.02. The van der Waals surface area contributed by atoms with Gasteiger partial charge in [-0.2, -0.15) is 0 Å². The quantitative estimate of drug-likeness (QED) is 0.691. The van der Waals surface area contributed by atoms with Crippen LogP contribution in [0.15, 0.2) is 23.8 Å². The Bertz CT molecular complexity index is 473. The standard InChI is InChI=1S/C16H22O4/c1-10-12(17)7-8-16(2,3)14-9-11(15(18)20-14)5-6-13(10)19-4/h7-10,13-14H,5-6H2,1-4H3/b8-7+/t10?,13?,14-/m0/s1. The smallest absolute Gasteiger partial charge is 0.334 e. The van der Waals surface area contributed by atoms with Crippen LogP contribution in [0.5, 0.6) is 0 Å². The van der Waals surface area contributed by atoms with E-state index in [0.29, 0.717) is 18.4 Å². The number of rotatable bonds is 1. The average Bonchev–Trinajstić information content (AvgIpc) is 2.77. The zero-order valence-electron chi connectivity index (χ0n) is 12.5. The Hall–Kier alpha value is -1.42. The summed E-state index contributed by atoms with van der Waals surface area (Å²) in [5.74, 6) is -0.398. The molecule has 4 nitrogen and oxygen atoms in total. The van der Waals surface area contributed by atoms with Crippen LogP contribution in [0.3, 0.4) is 0 Å². The lowest BCUT2D eigenvalue weighted by molar-refractivity contribution is -0.142. The molecule has 0 aromatic carbocycles.